The van der Waals surface area contributed by atoms with Crippen molar-refractivity contribution < 1.29 is 17.6 Å². The molecule has 1 aliphatic carbocycles. The fourth-order valence-corrected chi connectivity index (χ4v) is 6.46. The summed E-state index contributed by atoms with van der Waals surface area (Å²) in [5.41, 5.74) is 2.14. The molecule has 1 aromatic heterocycles. The molecule has 0 atom stereocenters. The molecule has 6 nitrogen and oxygen atoms in total. The first kappa shape index (κ1) is 20.8. The Labute approximate surface area is 179 Å². The van der Waals surface area contributed by atoms with Crippen molar-refractivity contribution in [2.24, 2.45) is 5.92 Å². The fourth-order valence-electron chi connectivity index (χ4n) is 4.07. The summed E-state index contributed by atoms with van der Waals surface area (Å²) in [6.07, 6.45) is 4.24. The van der Waals surface area contributed by atoms with Crippen molar-refractivity contribution in [2.45, 2.75) is 50.8 Å². The number of benzene rings is 2. The van der Waals surface area contributed by atoms with Gasteiger partial charge in [0.1, 0.15) is 5.58 Å². The average Bonchev–Trinajstić information content (AvgIpc) is 3.07. The summed E-state index contributed by atoms with van der Waals surface area (Å²) in [4.78, 5) is 24.7. The summed E-state index contributed by atoms with van der Waals surface area (Å²) in [6.45, 7) is 3.62. The number of carbonyl (C=O) groups excluding carboxylic acids is 1. The Kier molecular flexibility index (Phi) is 5.55. The highest BCUT2D eigenvalue weighted by Gasteiger charge is 2.36. The summed E-state index contributed by atoms with van der Waals surface area (Å²) in [7, 11) is -4.13. The number of hydrogen-bond acceptors (Lipinski definition) is 6. The number of amides is 1. The minimum atomic E-state index is -4.13. The van der Waals surface area contributed by atoms with Gasteiger partial charge in [0.15, 0.2) is 0 Å². The zero-order valence-electron chi connectivity index (χ0n) is 16.9. The van der Waals surface area contributed by atoms with Crippen LogP contribution in [0.3, 0.4) is 0 Å². The third-order valence-electron chi connectivity index (χ3n) is 5.55. The third-order valence-corrected chi connectivity index (χ3v) is 8.23. The molecule has 30 heavy (non-hydrogen) atoms. The van der Waals surface area contributed by atoms with E-state index in [1.807, 2.05) is 6.92 Å². The lowest BCUT2D eigenvalue weighted by molar-refractivity contribution is -0.122. The minimum Gasteiger partial charge on any atom is -0.414 e. The zero-order valence-corrected chi connectivity index (χ0v) is 18.5. The predicted molar refractivity (Wildman–Crippen MR) is 118 cm³/mol. The van der Waals surface area contributed by atoms with Crippen molar-refractivity contribution in [3.63, 3.8) is 0 Å². The summed E-state index contributed by atoms with van der Waals surface area (Å²) in [5.74, 6) is -0.747. The summed E-state index contributed by atoms with van der Waals surface area (Å²) < 4.78 is 34.0. The van der Waals surface area contributed by atoms with Gasteiger partial charge in [0, 0.05) is 5.92 Å². The van der Waals surface area contributed by atoms with Gasteiger partial charge in [-0.2, -0.15) is 0 Å². The molecule has 8 heteroatoms. The lowest BCUT2D eigenvalue weighted by atomic mass is 9.88. The van der Waals surface area contributed by atoms with Crippen LogP contribution in [-0.2, 0) is 14.8 Å². The molecule has 0 bridgehead atoms. The topological polar surface area (TPSA) is 84.7 Å². The van der Waals surface area contributed by atoms with Gasteiger partial charge in [-0.3, -0.25) is 4.79 Å². The largest absolute Gasteiger partial charge is 0.414 e. The summed E-state index contributed by atoms with van der Waals surface area (Å²) in [6, 6.07) is 9.69. The molecular weight excluding hydrogens is 422 g/mol. The number of nitrogens with zero attached hydrogens (tertiary/aromatic N) is 1. The molecule has 0 spiro atoms. The van der Waals surface area contributed by atoms with E-state index in [0.717, 1.165) is 40.5 Å². The van der Waals surface area contributed by atoms with Crippen molar-refractivity contribution in [2.75, 3.05) is 4.31 Å². The predicted octanol–water partition coefficient (Wildman–Crippen LogP) is 4.77. The van der Waals surface area contributed by atoms with Crippen LogP contribution in [0.5, 0.6) is 0 Å². The van der Waals surface area contributed by atoms with E-state index >= 15 is 0 Å². The van der Waals surface area contributed by atoms with E-state index < -0.39 is 20.9 Å². The first-order valence-electron chi connectivity index (χ1n) is 9.97. The smallest absolute Gasteiger partial charge is 0.396 e. The van der Waals surface area contributed by atoms with Crippen molar-refractivity contribution in [3.05, 3.63) is 57.3 Å². The van der Waals surface area contributed by atoms with Crippen molar-refractivity contribution in [3.8, 4) is 0 Å². The van der Waals surface area contributed by atoms with Crippen LogP contribution in [0.2, 0.25) is 0 Å². The van der Waals surface area contributed by atoms with E-state index in [1.54, 1.807) is 37.3 Å². The molecule has 1 fully saturated rings. The van der Waals surface area contributed by atoms with Gasteiger partial charge in [-0.25, -0.2) is 17.5 Å². The molecule has 1 aliphatic rings. The molecular formula is C22H23NO5S2. The van der Waals surface area contributed by atoms with Gasteiger partial charge in [0.05, 0.1) is 15.3 Å². The highest BCUT2D eigenvalue weighted by Crippen LogP contribution is 2.34. The summed E-state index contributed by atoms with van der Waals surface area (Å²) >= 11 is 0.888. The van der Waals surface area contributed by atoms with Crippen molar-refractivity contribution >= 4 is 43.2 Å². The second-order valence-electron chi connectivity index (χ2n) is 7.80. The molecule has 0 radical (unpaired) electrons. The van der Waals surface area contributed by atoms with Crippen LogP contribution < -0.4 is 9.24 Å². The number of hydrogen-bond donors (Lipinski definition) is 0. The van der Waals surface area contributed by atoms with E-state index in [1.165, 1.54) is 6.07 Å². The molecule has 1 saturated carbocycles. The SMILES string of the molecule is Cc1ccc(S(=O)(=O)N(C(=O)C2CCCCC2)c2ccc3oc(=O)sc3c2)c(C)c1. The van der Waals surface area contributed by atoms with Gasteiger partial charge in [0.25, 0.3) is 10.0 Å². The molecule has 0 saturated heterocycles. The Morgan fingerprint density at radius 1 is 1.07 bits per heavy atom. The van der Waals surface area contributed by atoms with Crippen LogP contribution in [-0.4, -0.2) is 14.3 Å². The van der Waals surface area contributed by atoms with E-state index in [-0.39, 0.29) is 16.5 Å². The first-order valence-corrected chi connectivity index (χ1v) is 12.2. The number of aryl methyl sites for hydroxylation is 2. The summed E-state index contributed by atoms with van der Waals surface area (Å²) in [5, 5.41) is 0. The van der Waals surface area contributed by atoms with Gasteiger partial charge in [-0.05, 0) is 56.5 Å². The first-order chi connectivity index (χ1) is 14.3. The van der Waals surface area contributed by atoms with Crippen LogP contribution in [0.4, 0.5) is 5.69 Å². The fraction of sp³-hybridized carbons (Fsp3) is 0.364. The Morgan fingerprint density at radius 3 is 2.50 bits per heavy atom. The molecule has 1 heterocycles. The number of sulfonamides is 1. The molecule has 0 N–H and O–H groups in total. The monoisotopic (exact) mass is 445 g/mol. The molecule has 4 rings (SSSR count). The minimum absolute atomic E-state index is 0.109. The van der Waals surface area contributed by atoms with E-state index in [4.69, 9.17) is 4.42 Å². The van der Waals surface area contributed by atoms with Gasteiger partial charge < -0.3 is 4.42 Å². The average molecular weight is 446 g/mol. The Morgan fingerprint density at radius 2 is 1.80 bits per heavy atom. The Hall–Kier alpha value is -2.45. The van der Waals surface area contributed by atoms with Crippen LogP contribution in [0.25, 0.3) is 10.3 Å². The second-order valence-corrected chi connectivity index (χ2v) is 10.5. The second kappa shape index (κ2) is 8.00. The standard InChI is InChI=1S/C22H23NO5S2/c1-14-8-11-20(15(2)12-14)30(26,27)23(21(24)16-6-4-3-5-7-16)17-9-10-18-19(13-17)29-22(25)28-18/h8-13,16H,3-7H2,1-2H3. The molecule has 0 unspecified atom stereocenters. The molecule has 3 aromatic rings. The normalized spacial score (nSPS) is 15.4. The highest BCUT2D eigenvalue weighted by molar-refractivity contribution is 7.93. The number of fused-ring (bicyclic) bond motifs is 1. The van der Waals surface area contributed by atoms with Crippen LogP contribution in [0, 0.1) is 19.8 Å². The van der Waals surface area contributed by atoms with Crippen molar-refractivity contribution in [1.82, 2.24) is 0 Å². The van der Waals surface area contributed by atoms with E-state index in [2.05, 4.69) is 0 Å². The maximum absolute atomic E-state index is 13.7. The Bertz CT molecular complexity index is 1270. The quantitative estimate of drug-likeness (QED) is 0.577. The van der Waals surface area contributed by atoms with Crippen LogP contribution >= 0.6 is 11.3 Å². The van der Waals surface area contributed by atoms with E-state index in [0.29, 0.717) is 28.7 Å². The van der Waals surface area contributed by atoms with Gasteiger partial charge in [0.2, 0.25) is 5.91 Å². The number of rotatable bonds is 4. The van der Waals surface area contributed by atoms with Gasteiger partial charge in [-0.15, -0.1) is 0 Å². The molecule has 0 aliphatic heterocycles. The zero-order chi connectivity index (χ0) is 21.5. The molecule has 158 valence electrons. The highest BCUT2D eigenvalue weighted by atomic mass is 32.2. The third kappa shape index (κ3) is 3.81. The number of anilines is 1. The van der Waals surface area contributed by atoms with Crippen LogP contribution in [0.15, 0.2) is 50.5 Å². The Balaban J connectivity index is 1.87. The van der Waals surface area contributed by atoms with Crippen LogP contribution in [0.1, 0.15) is 43.2 Å². The van der Waals surface area contributed by atoms with Gasteiger partial charge >= 0.3 is 4.94 Å². The lowest BCUT2D eigenvalue weighted by Gasteiger charge is -2.29. The molecule has 1 amide bonds. The maximum atomic E-state index is 13.7. The lowest BCUT2D eigenvalue weighted by Crippen LogP contribution is -2.41. The number of carbonyl (C=O) groups is 1. The van der Waals surface area contributed by atoms with E-state index in [9.17, 15) is 18.0 Å². The maximum Gasteiger partial charge on any atom is 0.396 e. The molecule has 2 aromatic carbocycles. The van der Waals surface area contributed by atoms with Crippen molar-refractivity contribution in [1.29, 1.82) is 0 Å². The van der Waals surface area contributed by atoms with Gasteiger partial charge in [-0.1, -0.05) is 48.3 Å².